The molecule has 1 aromatic heterocycles. The predicted molar refractivity (Wildman–Crippen MR) is 91.5 cm³/mol. The minimum absolute atomic E-state index is 0.143. The number of halogens is 1. The van der Waals surface area contributed by atoms with Gasteiger partial charge in [0.25, 0.3) is 11.8 Å². The Morgan fingerprint density at radius 2 is 1.84 bits per heavy atom. The van der Waals surface area contributed by atoms with E-state index in [1.54, 1.807) is 18.2 Å². The van der Waals surface area contributed by atoms with Gasteiger partial charge in [0.2, 0.25) is 0 Å². The molecule has 0 saturated heterocycles. The van der Waals surface area contributed by atoms with Gasteiger partial charge in [0, 0.05) is 12.1 Å². The second-order valence-electron chi connectivity index (χ2n) is 5.49. The highest BCUT2D eigenvalue weighted by molar-refractivity contribution is 6.00. The lowest BCUT2D eigenvalue weighted by Crippen LogP contribution is -2.41. The van der Waals surface area contributed by atoms with Gasteiger partial charge < -0.3 is 4.57 Å². The van der Waals surface area contributed by atoms with Crippen molar-refractivity contribution in [1.29, 1.82) is 0 Å². The molecule has 6 nitrogen and oxygen atoms in total. The van der Waals surface area contributed by atoms with Gasteiger partial charge in [-0.2, -0.15) is 0 Å². The fourth-order valence-corrected chi connectivity index (χ4v) is 2.69. The Morgan fingerprint density at radius 1 is 1.12 bits per heavy atom. The van der Waals surface area contributed by atoms with Gasteiger partial charge in [-0.3, -0.25) is 20.4 Å². The molecule has 128 valence electrons. The molecular formula is C18H17FN4O2. The number of imidazole rings is 1. The van der Waals surface area contributed by atoms with Gasteiger partial charge in [0.1, 0.15) is 11.6 Å². The van der Waals surface area contributed by atoms with E-state index in [0.29, 0.717) is 11.1 Å². The van der Waals surface area contributed by atoms with E-state index >= 15 is 0 Å². The third-order valence-electron chi connectivity index (χ3n) is 3.93. The second kappa shape index (κ2) is 6.72. The van der Waals surface area contributed by atoms with E-state index in [4.69, 9.17) is 0 Å². The molecule has 0 aliphatic carbocycles. The summed E-state index contributed by atoms with van der Waals surface area (Å²) < 4.78 is 15.6. The zero-order valence-electron chi connectivity index (χ0n) is 13.8. The first-order chi connectivity index (χ1) is 12.0. The van der Waals surface area contributed by atoms with Crippen LogP contribution in [0.25, 0.3) is 11.0 Å². The summed E-state index contributed by atoms with van der Waals surface area (Å²) in [4.78, 5) is 28.6. The maximum atomic E-state index is 13.6. The van der Waals surface area contributed by atoms with Crippen LogP contribution in [-0.4, -0.2) is 21.4 Å². The number of rotatable bonds is 3. The van der Waals surface area contributed by atoms with E-state index in [1.165, 1.54) is 18.2 Å². The molecule has 2 N–H and O–H groups in total. The monoisotopic (exact) mass is 340 g/mol. The van der Waals surface area contributed by atoms with Crippen molar-refractivity contribution in [3.8, 4) is 0 Å². The van der Waals surface area contributed by atoms with Crippen molar-refractivity contribution in [1.82, 2.24) is 20.4 Å². The minimum Gasteiger partial charge on any atom is -0.329 e. The topological polar surface area (TPSA) is 76.0 Å². The van der Waals surface area contributed by atoms with E-state index in [0.717, 1.165) is 17.9 Å². The zero-order chi connectivity index (χ0) is 18.0. The number of amides is 2. The van der Waals surface area contributed by atoms with E-state index in [9.17, 15) is 14.0 Å². The molecule has 0 atom stereocenters. The lowest BCUT2D eigenvalue weighted by atomic mass is 10.2. The number of fused-ring (bicyclic) bond motifs is 1. The third-order valence-corrected chi connectivity index (χ3v) is 3.93. The predicted octanol–water partition coefficient (Wildman–Crippen LogP) is 2.58. The largest absolute Gasteiger partial charge is 0.329 e. The molecule has 0 fully saturated rings. The highest BCUT2D eigenvalue weighted by atomic mass is 19.1. The molecule has 0 unspecified atom stereocenters. The van der Waals surface area contributed by atoms with E-state index in [-0.39, 0.29) is 5.56 Å². The number of hydrogen-bond acceptors (Lipinski definition) is 3. The van der Waals surface area contributed by atoms with Gasteiger partial charge in [-0.05, 0) is 44.2 Å². The molecule has 2 amide bonds. The van der Waals surface area contributed by atoms with Crippen LogP contribution in [0.3, 0.4) is 0 Å². The number of hydrogen-bond donors (Lipinski definition) is 2. The molecule has 3 rings (SSSR count). The van der Waals surface area contributed by atoms with Gasteiger partial charge in [0.15, 0.2) is 0 Å². The fraction of sp³-hybridized carbons (Fsp3) is 0.167. The maximum absolute atomic E-state index is 13.6. The van der Waals surface area contributed by atoms with Crippen LogP contribution in [0.1, 0.15) is 33.5 Å². The van der Waals surface area contributed by atoms with Crippen LogP contribution in [-0.2, 0) is 6.54 Å². The Morgan fingerprint density at radius 3 is 2.56 bits per heavy atom. The van der Waals surface area contributed by atoms with Crippen molar-refractivity contribution >= 4 is 22.8 Å². The standard InChI is InChI=1S/C18H17FN4O2/c1-3-23-11(2)20-15-10-12(8-9-16(15)23)17(24)21-22-18(25)13-6-4-5-7-14(13)19/h4-10H,3H2,1-2H3,(H,21,24)(H,22,25). The van der Waals surface area contributed by atoms with Crippen LogP contribution >= 0.6 is 0 Å². The van der Waals surface area contributed by atoms with Crippen LogP contribution < -0.4 is 10.9 Å². The summed E-state index contributed by atoms with van der Waals surface area (Å²) in [6, 6.07) is 10.7. The highest BCUT2D eigenvalue weighted by Crippen LogP contribution is 2.17. The highest BCUT2D eigenvalue weighted by Gasteiger charge is 2.14. The number of nitrogens with zero attached hydrogens (tertiary/aromatic N) is 2. The molecule has 2 aromatic carbocycles. The first kappa shape index (κ1) is 16.6. The molecule has 0 spiro atoms. The Hall–Kier alpha value is -3.22. The normalized spacial score (nSPS) is 10.7. The maximum Gasteiger partial charge on any atom is 0.272 e. The molecule has 3 aromatic rings. The van der Waals surface area contributed by atoms with Crippen molar-refractivity contribution < 1.29 is 14.0 Å². The first-order valence-corrected chi connectivity index (χ1v) is 7.83. The number of nitrogens with one attached hydrogen (secondary N) is 2. The fourth-order valence-electron chi connectivity index (χ4n) is 2.69. The van der Waals surface area contributed by atoms with Gasteiger partial charge in [-0.25, -0.2) is 9.37 Å². The van der Waals surface area contributed by atoms with Crippen molar-refractivity contribution in [2.75, 3.05) is 0 Å². The molecule has 0 aliphatic heterocycles. The van der Waals surface area contributed by atoms with Gasteiger partial charge in [-0.15, -0.1) is 0 Å². The molecule has 1 heterocycles. The van der Waals surface area contributed by atoms with E-state index in [2.05, 4.69) is 15.8 Å². The lowest BCUT2D eigenvalue weighted by Gasteiger charge is -2.08. The van der Waals surface area contributed by atoms with Crippen LogP contribution in [0.15, 0.2) is 42.5 Å². The third kappa shape index (κ3) is 3.21. The van der Waals surface area contributed by atoms with Gasteiger partial charge in [-0.1, -0.05) is 12.1 Å². The molecule has 0 bridgehead atoms. The molecular weight excluding hydrogens is 323 g/mol. The summed E-state index contributed by atoms with van der Waals surface area (Å²) in [5.74, 6) is -1.02. The average molecular weight is 340 g/mol. The van der Waals surface area contributed by atoms with Gasteiger partial charge >= 0.3 is 0 Å². The second-order valence-corrected chi connectivity index (χ2v) is 5.49. The average Bonchev–Trinajstić information content (AvgIpc) is 2.93. The minimum atomic E-state index is -0.723. The summed E-state index contributed by atoms with van der Waals surface area (Å²) in [5, 5.41) is 0. The summed E-state index contributed by atoms with van der Waals surface area (Å²) in [6.07, 6.45) is 0. The quantitative estimate of drug-likeness (QED) is 0.720. The van der Waals surface area contributed by atoms with Crippen molar-refractivity contribution in [3.05, 3.63) is 65.2 Å². The number of aromatic nitrogens is 2. The van der Waals surface area contributed by atoms with Crippen molar-refractivity contribution in [2.24, 2.45) is 0 Å². The lowest BCUT2D eigenvalue weighted by molar-refractivity contribution is 0.0844. The molecule has 0 saturated carbocycles. The number of hydrazine groups is 1. The molecule has 25 heavy (non-hydrogen) atoms. The Labute approximate surface area is 143 Å². The summed E-state index contributed by atoms with van der Waals surface area (Å²) in [6.45, 7) is 4.71. The molecule has 0 aliphatic rings. The Kier molecular flexibility index (Phi) is 4.47. The summed E-state index contributed by atoms with van der Waals surface area (Å²) >= 11 is 0. The number of benzene rings is 2. The van der Waals surface area contributed by atoms with Crippen LogP contribution in [0.2, 0.25) is 0 Å². The first-order valence-electron chi connectivity index (χ1n) is 7.83. The number of carbonyl (C=O) groups is 2. The molecule has 0 radical (unpaired) electrons. The van der Waals surface area contributed by atoms with Crippen LogP contribution in [0.4, 0.5) is 4.39 Å². The Bertz CT molecular complexity index is 965. The van der Waals surface area contributed by atoms with Crippen LogP contribution in [0.5, 0.6) is 0 Å². The van der Waals surface area contributed by atoms with Crippen molar-refractivity contribution in [2.45, 2.75) is 20.4 Å². The van der Waals surface area contributed by atoms with E-state index in [1.807, 2.05) is 24.5 Å². The van der Waals surface area contributed by atoms with Crippen molar-refractivity contribution in [3.63, 3.8) is 0 Å². The summed E-state index contributed by atoms with van der Waals surface area (Å²) in [7, 11) is 0. The number of carbonyl (C=O) groups excluding carboxylic acids is 2. The van der Waals surface area contributed by atoms with Gasteiger partial charge in [0.05, 0.1) is 16.6 Å². The van der Waals surface area contributed by atoms with E-state index < -0.39 is 17.6 Å². The number of aryl methyl sites for hydroxylation is 2. The summed E-state index contributed by atoms with van der Waals surface area (Å²) in [5.41, 5.74) is 6.34. The molecule has 7 heteroatoms. The smallest absolute Gasteiger partial charge is 0.272 e. The van der Waals surface area contributed by atoms with Crippen LogP contribution in [0, 0.1) is 12.7 Å². The zero-order valence-corrected chi connectivity index (χ0v) is 13.8. The SMILES string of the molecule is CCn1c(C)nc2cc(C(=O)NNC(=O)c3ccccc3F)ccc21. The Balaban J connectivity index is 1.74.